The average Bonchev–Trinajstić information content (AvgIpc) is 2.65. The Kier molecular flexibility index (Phi) is 2.80. The standard InChI is InChI=1S/C10H7F2NO3/c11-10(12)15-8-4-2-1-3-6(8)7-5-9(14)16-13-7/h1-4,10H,5H2. The molecule has 2 rings (SSSR count). The first-order valence-electron chi connectivity index (χ1n) is 4.48. The van der Waals surface area contributed by atoms with Crippen LogP contribution >= 0.6 is 0 Å². The van der Waals surface area contributed by atoms with Gasteiger partial charge in [0.25, 0.3) is 0 Å². The van der Waals surface area contributed by atoms with Crippen LogP contribution in [0, 0.1) is 0 Å². The van der Waals surface area contributed by atoms with Gasteiger partial charge in [-0.2, -0.15) is 8.78 Å². The van der Waals surface area contributed by atoms with E-state index in [9.17, 15) is 13.6 Å². The van der Waals surface area contributed by atoms with Crippen molar-refractivity contribution in [2.45, 2.75) is 13.0 Å². The first kappa shape index (κ1) is 10.5. The smallest absolute Gasteiger partial charge is 0.387 e. The van der Waals surface area contributed by atoms with E-state index in [1.807, 2.05) is 0 Å². The number of hydrogen-bond donors (Lipinski definition) is 0. The van der Waals surface area contributed by atoms with Crippen molar-refractivity contribution >= 4 is 11.7 Å². The second-order valence-corrected chi connectivity index (χ2v) is 3.05. The summed E-state index contributed by atoms with van der Waals surface area (Å²) < 4.78 is 28.5. The Balaban J connectivity index is 2.29. The highest BCUT2D eigenvalue weighted by molar-refractivity contribution is 6.12. The van der Waals surface area contributed by atoms with Crippen LogP contribution in [0.4, 0.5) is 8.78 Å². The molecule has 0 amide bonds. The van der Waals surface area contributed by atoms with Gasteiger partial charge in [-0.25, -0.2) is 4.79 Å². The minimum atomic E-state index is -2.92. The highest BCUT2D eigenvalue weighted by Crippen LogP contribution is 2.24. The van der Waals surface area contributed by atoms with Crippen LogP contribution in [0.15, 0.2) is 29.4 Å². The third-order valence-corrected chi connectivity index (χ3v) is 1.98. The van der Waals surface area contributed by atoms with Gasteiger partial charge < -0.3 is 9.57 Å². The van der Waals surface area contributed by atoms with Crippen molar-refractivity contribution in [2.24, 2.45) is 5.16 Å². The Morgan fingerprint density at radius 3 is 2.75 bits per heavy atom. The van der Waals surface area contributed by atoms with E-state index in [4.69, 9.17) is 0 Å². The molecule has 0 atom stereocenters. The zero-order valence-corrected chi connectivity index (χ0v) is 8.02. The number of carbonyl (C=O) groups is 1. The summed E-state index contributed by atoms with van der Waals surface area (Å²) in [5, 5.41) is 3.50. The van der Waals surface area contributed by atoms with Gasteiger partial charge in [-0.05, 0) is 12.1 Å². The van der Waals surface area contributed by atoms with Gasteiger partial charge >= 0.3 is 12.6 Å². The molecule has 0 radical (unpaired) electrons. The largest absolute Gasteiger partial charge is 0.434 e. The number of alkyl halides is 2. The molecule has 1 aliphatic heterocycles. The van der Waals surface area contributed by atoms with Gasteiger partial charge in [-0.15, -0.1) is 0 Å². The lowest BCUT2D eigenvalue weighted by molar-refractivity contribution is -0.140. The number of para-hydroxylation sites is 1. The molecule has 0 aromatic heterocycles. The van der Waals surface area contributed by atoms with Gasteiger partial charge in [0.1, 0.15) is 11.5 Å². The number of benzene rings is 1. The van der Waals surface area contributed by atoms with Crippen LogP contribution in [0.5, 0.6) is 5.75 Å². The van der Waals surface area contributed by atoms with E-state index in [0.29, 0.717) is 11.3 Å². The van der Waals surface area contributed by atoms with Gasteiger partial charge in [0.05, 0.1) is 6.42 Å². The Hall–Kier alpha value is -1.98. The number of oxime groups is 1. The molecule has 0 saturated heterocycles. The van der Waals surface area contributed by atoms with Gasteiger partial charge in [0, 0.05) is 5.56 Å². The second kappa shape index (κ2) is 4.26. The van der Waals surface area contributed by atoms with E-state index in [2.05, 4.69) is 14.7 Å². The summed E-state index contributed by atoms with van der Waals surface area (Å²) in [7, 11) is 0. The van der Waals surface area contributed by atoms with Crippen LogP contribution in [0.3, 0.4) is 0 Å². The molecule has 1 aromatic carbocycles. The van der Waals surface area contributed by atoms with Gasteiger partial charge in [-0.1, -0.05) is 17.3 Å². The van der Waals surface area contributed by atoms with Crippen LogP contribution in [0.1, 0.15) is 12.0 Å². The third kappa shape index (κ3) is 2.16. The van der Waals surface area contributed by atoms with Crippen molar-refractivity contribution in [1.82, 2.24) is 0 Å². The van der Waals surface area contributed by atoms with Crippen LogP contribution in [-0.4, -0.2) is 18.3 Å². The fourth-order valence-corrected chi connectivity index (χ4v) is 1.36. The lowest BCUT2D eigenvalue weighted by Gasteiger charge is -2.08. The van der Waals surface area contributed by atoms with E-state index in [1.54, 1.807) is 18.2 Å². The zero-order chi connectivity index (χ0) is 11.5. The van der Waals surface area contributed by atoms with E-state index >= 15 is 0 Å². The highest BCUT2D eigenvalue weighted by Gasteiger charge is 2.22. The fourth-order valence-electron chi connectivity index (χ4n) is 1.36. The predicted molar refractivity (Wildman–Crippen MR) is 50.3 cm³/mol. The monoisotopic (exact) mass is 227 g/mol. The molecule has 0 N–H and O–H groups in total. The summed E-state index contributed by atoms with van der Waals surface area (Å²) in [5.74, 6) is -0.531. The maximum atomic E-state index is 12.1. The molecule has 0 aliphatic carbocycles. The maximum absolute atomic E-state index is 12.1. The zero-order valence-electron chi connectivity index (χ0n) is 8.02. The molecule has 0 saturated carbocycles. The summed E-state index contributed by atoms with van der Waals surface area (Å²) in [6, 6.07) is 6.11. The molecule has 1 heterocycles. The van der Waals surface area contributed by atoms with E-state index < -0.39 is 12.6 Å². The van der Waals surface area contributed by atoms with E-state index in [1.165, 1.54) is 6.07 Å². The number of ether oxygens (including phenoxy) is 1. The lowest BCUT2D eigenvalue weighted by Crippen LogP contribution is -2.08. The molecule has 0 bridgehead atoms. The van der Waals surface area contributed by atoms with Gasteiger partial charge in [0.2, 0.25) is 0 Å². The fraction of sp³-hybridized carbons (Fsp3) is 0.200. The number of carbonyl (C=O) groups excluding carboxylic acids is 1. The Labute approximate surface area is 89.5 Å². The average molecular weight is 227 g/mol. The number of nitrogens with zero attached hydrogens (tertiary/aromatic N) is 1. The number of rotatable bonds is 3. The minimum Gasteiger partial charge on any atom is -0.434 e. The first-order chi connectivity index (χ1) is 7.66. The second-order valence-electron chi connectivity index (χ2n) is 3.05. The van der Waals surface area contributed by atoms with Crippen LogP contribution < -0.4 is 4.74 Å². The Bertz CT molecular complexity index is 445. The van der Waals surface area contributed by atoms with Gasteiger partial charge in [0.15, 0.2) is 0 Å². The minimum absolute atomic E-state index is 0.0189. The molecule has 4 nitrogen and oxygen atoms in total. The molecule has 0 unspecified atom stereocenters. The molecule has 1 aromatic rings. The van der Waals surface area contributed by atoms with Crippen molar-refractivity contribution in [3.8, 4) is 5.75 Å². The quantitative estimate of drug-likeness (QED) is 0.741. The summed E-state index contributed by atoms with van der Waals surface area (Å²) in [4.78, 5) is 15.2. The van der Waals surface area contributed by atoms with Gasteiger partial charge in [-0.3, -0.25) is 0 Å². The van der Waals surface area contributed by atoms with Crippen molar-refractivity contribution in [2.75, 3.05) is 0 Å². The summed E-state index contributed by atoms with van der Waals surface area (Å²) >= 11 is 0. The molecular formula is C10H7F2NO3. The molecule has 0 fully saturated rings. The predicted octanol–water partition coefficient (Wildman–Crippen LogP) is 1.94. The third-order valence-electron chi connectivity index (χ3n) is 1.98. The van der Waals surface area contributed by atoms with Crippen molar-refractivity contribution < 1.29 is 23.1 Å². The highest BCUT2D eigenvalue weighted by atomic mass is 19.3. The normalized spacial score (nSPS) is 14.9. The van der Waals surface area contributed by atoms with E-state index in [0.717, 1.165) is 0 Å². The molecule has 0 spiro atoms. The summed E-state index contributed by atoms with van der Waals surface area (Å²) in [6.07, 6.45) is -0.0381. The Morgan fingerprint density at radius 1 is 1.38 bits per heavy atom. The summed E-state index contributed by atoms with van der Waals surface area (Å²) in [6.45, 7) is -2.92. The lowest BCUT2D eigenvalue weighted by atomic mass is 10.1. The molecule has 16 heavy (non-hydrogen) atoms. The maximum Gasteiger partial charge on any atom is 0.387 e. The SMILES string of the molecule is O=C1CC(c2ccccc2OC(F)F)=NO1. The van der Waals surface area contributed by atoms with E-state index in [-0.39, 0.29) is 12.2 Å². The molecule has 1 aliphatic rings. The van der Waals surface area contributed by atoms with Crippen LogP contribution in [0.2, 0.25) is 0 Å². The van der Waals surface area contributed by atoms with Crippen molar-refractivity contribution in [1.29, 1.82) is 0 Å². The molecule has 6 heteroatoms. The van der Waals surface area contributed by atoms with Crippen LogP contribution in [-0.2, 0) is 9.63 Å². The molecule has 84 valence electrons. The topological polar surface area (TPSA) is 47.9 Å². The molecular weight excluding hydrogens is 220 g/mol. The number of halogens is 2. The number of hydrogen-bond acceptors (Lipinski definition) is 4. The van der Waals surface area contributed by atoms with Crippen molar-refractivity contribution in [3.63, 3.8) is 0 Å². The summed E-state index contributed by atoms with van der Waals surface area (Å²) in [5.41, 5.74) is 0.634. The Morgan fingerprint density at radius 2 is 2.12 bits per heavy atom. The first-order valence-corrected chi connectivity index (χ1v) is 4.48. The van der Waals surface area contributed by atoms with Crippen LogP contribution in [0.25, 0.3) is 0 Å². The van der Waals surface area contributed by atoms with Crippen molar-refractivity contribution in [3.05, 3.63) is 29.8 Å².